The molecule has 4 heteroatoms. The molecule has 1 aromatic heterocycles. The predicted molar refractivity (Wildman–Crippen MR) is 66.4 cm³/mol. The summed E-state index contributed by atoms with van der Waals surface area (Å²) in [4.78, 5) is 17.4. The molecule has 17 heavy (non-hydrogen) atoms. The van der Waals surface area contributed by atoms with Crippen LogP contribution in [0.25, 0.3) is 0 Å². The van der Waals surface area contributed by atoms with Gasteiger partial charge >= 0.3 is 5.97 Å². The van der Waals surface area contributed by atoms with Crippen LogP contribution in [0.4, 0.5) is 5.69 Å². The molecule has 2 rings (SSSR count). The Hall–Kier alpha value is -1.58. The Morgan fingerprint density at radius 1 is 1.59 bits per heavy atom. The molecule has 1 aliphatic carbocycles. The third-order valence-corrected chi connectivity index (χ3v) is 3.12. The fourth-order valence-corrected chi connectivity index (χ4v) is 1.96. The molecule has 1 aromatic rings. The maximum atomic E-state index is 11.2. The summed E-state index contributed by atoms with van der Waals surface area (Å²) in [6.07, 6.45) is 5.70. The number of rotatable bonds is 5. The quantitative estimate of drug-likeness (QED) is 0.850. The molecule has 0 bridgehead atoms. The van der Waals surface area contributed by atoms with Crippen LogP contribution in [0.1, 0.15) is 37.0 Å². The average Bonchev–Trinajstić information content (AvgIpc) is 3.09. The average molecular weight is 234 g/mol. The summed E-state index contributed by atoms with van der Waals surface area (Å²) in [6, 6.07) is 1.86. The van der Waals surface area contributed by atoms with Crippen LogP contribution in [-0.2, 0) is 0 Å². The first-order chi connectivity index (χ1) is 8.09. The highest BCUT2D eigenvalue weighted by atomic mass is 16.4. The second-order valence-corrected chi connectivity index (χ2v) is 4.89. The van der Waals surface area contributed by atoms with E-state index in [1.807, 2.05) is 0 Å². The van der Waals surface area contributed by atoms with Crippen molar-refractivity contribution in [2.45, 2.75) is 32.7 Å². The number of nitrogens with zero attached hydrogens (tertiary/aromatic N) is 2. The first-order valence-electron chi connectivity index (χ1n) is 6.03. The molecule has 92 valence electrons. The van der Waals surface area contributed by atoms with E-state index in [1.54, 1.807) is 12.3 Å². The van der Waals surface area contributed by atoms with Crippen LogP contribution in [0, 0.1) is 5.92 Å². The second-order valence-electron chi connectivity index (χ2n) is 4.89. The van der Waals surface area contributed by atoms with E-state index in [1.165, 1.54) is 19.0 Å². The van der Waals surface area contributed by atoms with E-state index in [0.717, 1.165) is 18.2 Å². The zero-order chi connectivity index (χ0) is 12.4. The van der Waals surface area contributed by atoms with Gasteiger partial charge in [0.25, 0.3) is 0 Å². The molecular weight excluding hydrogens is 216 g/mol. The minimum absolute atomic E-state index is 0.290. The molecule has 1 saturated carbocycles. The van der Waals surface area contributed by atoms with E-state index >= 15 is 0 Å². The Labute approximate surface area is 101 Å². The molecule has 0 aromatic carbocycles. The molecule has 0 aliphatic heterocycles. The molecule has 0 radical (unpaired) electrons. The molecule has 4 nitrogen and oxygen atoms in total. The van der Waals surface area contributed by atoms with E-state index in [-0.39, 0.29) is 6.04 Å². The first kappa shape index (κ1) is 11.9. The van der Waals surface area contributed by atoms with Gasteiger partial charge in [0.1, 0.15) is 0 Å². The van der Waals surface area contributed by atoms with Crippen molar-refractivity contribution in [1.29, 1.82) is 0 Å². The van der Waals surface area contributed by atoms with Gasteiger partial charge in [0, 0.05) is 18.8 Å². The van der Waals surface area contributed by atoms with Crippen molar-refractivity contribution in [3.63, 3.8) is 0 Å². The van der Waals surface area contributed by atoms with Gasteiger partial charge in [-0.2, -0.15) is 0 Å². The molecule has 1 fully saturated rings. The van der Waals surface area contributed by atoms with Gasteiger partial charge in [-0.05, 0) is 38.7 Å². The standard InChI is InChI=1S/C13H18N2O2/c1-9(2)15(8-10-3-4-10)12-7-14-6-5-11(12)13(16)17/h5-7,9-10H,3-4,8H2,1-2H3,(H,16,17). The normalized spacial score (nSPS) is 15.0. The number of pyridine rings is 1. The molecule has 0 atom stereocenters. The Kier molecular flexibility index (Phi) is 3.31. The van der Waals surface area contributed by atoms with Gasteiger partial charge in [-0.3, -0.25) is 4.98 Å². The second kappa shape index (κ2) is 4.73. The summed E-state index contributed by atoms with van der Waals surface area (Å²) in [5.74, 6) is -0.164. The van der Waals surface area contributed by atoms with Crippen LogP contribution in [0.3, 0.4) is 0 Å². The lowest BCUT2D eigenvalue weighted by atomic mass is 10.1. The number of carboxylic acid groups (broad SMARTS) is 1. The Morgan fingerprint density at radius 3 is 2.82 bits per heavy atom. The van der Waals surface area contributed by atoms with Crippen molar-refractivity contribution < 1.29 is 9.90 Å². The van der Waals surface area contributed by atoms with Crippen molar-refractivity contribution in [3.05, 3.63) is 24.0 Å². The Bertz CT molecular complexity index is 414. The van der Waals surface area contributed by atoms with Crippen molar-refractivity contribution in [1.82, 2.24) is 4.98 Å². The molecular formula is C13H18N2O2. The highest BCUT2D eigenvalue weighted by Gasteiger charge is 2.27. The van der Waals surface area contributed by atoms with Gasteiger partial charge in [-0.1, -0.05) is 0 Å². The molecule has 0 saturated heterocycles. The first-order valence-corrected chi connectivity index (χ1v) is 6.03. The molecule has 0 unspecified atom stereocenters. The monoisotopic (exact) mass is 234 g/mol. The number of aromatic carboxylic acids is 1. The van der Waals surface area contributed by atoms with Crippen LogP contribution in [0.2, 0.25) is 0 Å². The van der Waals surface area contributed by atoms with Crippen LogP contribution in [-0.4, -0.2) is 28.6 Å². The largest absolute Gasteiger partial charge is 0.478 e. The van der Waals surface area contributed by atoms with Crippen molar-refractivity contribution in [3.8, 4) is 0 Å². The van der Waals surface area contributed by atoms with E-state index < -0.39 is 5.97 Å². The lowest BCUT2D eigenvalue weighted by Crippen LogP contribution is -2.34. The third-order valence-electron chi connectivity index (χ3n) is 3.12. The van der Waals surface area contributed by atoms with Gasteiger partial charge < -0.3 is 10.0 Å². The summed E-state index contributed by atoms with van der Waals surface area (Å²) >= 11 is 0. The maximum absolute atomic E-state index is 11.2. The van der Waals surface area contributed by atoms with E-state index in [2.05, 4.69) is 23.7 Å². The molecule has 1 N–H and O–H groups in total. The van der Waals surface area contributed by atoms with Crippen LogP contribution in [0.5, 0.6) is 0 Å². The summed E-state index contributed by atoms with van der Waals surface area (Å²) in [5, 5.41) is 9.19. The van der Waals surface area contributed by atoms with Gasteiger partial charge in [-0.15, -0.1) is 0 Å². The van der Waals surface area contributed by atoms with Crippen molar-refractivity contribution in [2.24, 2.45) is 5.92 Å². The van der Waals surface area contributed by atoms with Crippen LogP contribution in [0.15, 0.2) is 18.5 Å². The van der Waals surface area contributed by atoms with Crippen LogP contribution >= 0.6 is 0 Å². The topological polar surface area (TPSA) is 53.4 Å². The van der Waals surface area contributed by atoms with Gasteiger partial charge in [0.05, 0.1) is 17.4 Å². The highest BCUT2D eigenvalue weighted by molar-refractivity contribution is 5.94. The summed E-state index contributed by atoms with van der Waals surface area (Å²) in [6.45, 7) is 5.10. The van der Waals surface area contributed by atoms with E-state index in [0.29, 0.717) is 5.56 Å². The van der Waals surface area contributed by atoms with Crippen molar-refractivity contribution >= 4 is 11.7 Å². The number of hydrogen-bond donors (Lipinski definition) is 1. The predicted octanol–water partition coefficient (Wildman–Crippen LogP) is 2.40. The van der Waals surface area contributed by atoms with Gasteiger partial charge in [0.2, 0.25) is 0 Å². The highest BCUT2D eigenvalue weighted by Crippen LogP contribution is 2.33. The lowest BCUT2D eigenvalue weighted by molar-refractivity contribution is 0.0697. The zero-order valence-corrected chi connectivity index (χ0v) is 10.3. The number of aromatic nitrogens is 1. The molecule has 0 spiro atoms. The number of carbonyl (C=O) groups is 1. The Morgan fingerprint density at radius 2 is 2.29 bits per heavy atom. The molecule has 1 heterocycles. The molecule has 0 amide bonds. The fourth-order valence-electron chi connectivity index (χ4n) is 1.96. The third kappa shape index (κ3) is 2.75. The molecule has 1 aliphatic rings. The summed E-state index contributed by atoms with van der Waals surface area (Å²) < 4.78 is 0. The summed E-state index contributed by atoms with van der Waals surface area (Å²) in [5.41, 5.74) is 1.08. The lowest BCUT2D eigenvalue weighted by Gasteiger charge is -2.29. The van der Waals surface area contributed by atoms with Crippen LogP contribution < -0.4 is 4.90 Å². The van der Waals surface area contributed by atoms with Gasteiger partial charge in [-0.25, -0.2) is 4.79 Å². The zero-order valence-electron chi connectivity index (χ0n) is 10.3. The van der Waals surface area contributed by atoms with E-state index in [4.69, 9.17) is 0 Å². The summed E-state index contributed by atoms with van der Waals surface area (Å²) in [7, 11) is 0. The fraction of sp³-hybridized carbons (Fsp3) is 0.538. The Balaban J connectivity index is 2.30. The minimum atomic E-state index is -0.885. The number of anilines is 1. The number of carboxylic acids is 1. The SMILES string of the molecule is CC(C)N(CC1CC1)c1cnccc1C(=O)O. The maximum Gasteiger partial charge on any atom is 0.337 e. The smallest absolute Gasteiger partial charge is 0.337 e. The minimum Gasteiger partial charge on any atom is -0.478 e. The van der Waals surface area contributed by atoms with E-state index in [9.17, 15) is 9.90 Å². The van der Waals surface area contributed by atoms with Gasteiger partial charge in [0.15, 0.2) is 0 Å². The van der Waals surface area contributed by atoms with Crippen molar-refractivity contribution in [2.75, 3.05) is 11.4 Å². The number of hydrogen-bond acceptors (Lipinski definition) is 3.